The SMILES string of the molecule is Cc1ccc(-c2n[nH]c3c2C(c2ccc(Cl)cc2)N(c2ccc(Cl)cc2)C3=O)cc1. The number of hydrogen-bond donors (Lipinski definition) is 1. The van der Waals surface area contributed by atoms with Crippen LogP contribution < -0.4 is 4.90 Å². The molecule has 0 bridgehead atoms. The van der Waals surface area contributed by atoms with Crippen molar-refractivity contribution in [3.8, 4) is 11.3 Å². The molecular weight excluding hydrogens is 417 g/mol. The lowest BCUT2D eigenvalue weighted by Gasteiger charge is -2.26. The second kappa shape index (κ2) is 7.31. The van der Waals surface area contributed by atoms with Crippen molar-refractivity contribution in [1.29, 1.82) is 0 Å². The zero-order valence-electron chi connectivity index (χ0n) is 16.1. The summed E-state index contributed by atoms with van der Waals surface area (Å²) in [5, 5.41) is 8.75. The van der Waals surface area contributed by atoms with E-state index in [0.29, 0.717) is 15.7 Å². The number of benzene rings is 3. The van der Waals surface area contributed by atoms with E-state index >= 15 is 0 Å². The molecule has 1 N–H and O–H groups in total. The predicted molar refractivity (Wildman–Crippen MR) is 120 cm³/mol. The largest absolute Gasteiger partial charge is 0.295 e. The molecule has 0 fully saturated rings. The number of aromatic nitrogens is 2. The zero-order chi connectivity index (χ0) is 20.8. The molecule has 1 atom stereocenters. The molecule has 4 aromatic rings. The van der Waals surface area contributed by atoms with Gasteiger partial charge in [0.05, 0.1) is 11.7 Å². The summed E-state index contributed by atoms with van der Waals surface area (Å²) >= 11 is 12.2. The third-order valence-electron chi connectivity index (χ3n) is 5.38. The Kier molecular flexibility index (Phi) is 4.61. The van der Waals surface area contributed by atoms with Crippen molar-refractivity contribution in [2.24, 2.45) is 0 Å². The fourth-order valence-electron chi connectivity index (χ4n) is 3.91. The number of H-pyrrole nitrogens is 1. The third kappa shape index (κ3) is 3.09. The Labute approximate surface area is 184 Å². The first-order chi connectivity index (χ1) is 14.5. The second-order valence-electron chi connectivity index (χ2n) is 7.33. The number of aromatic amines is 1. The van der Waals surface area contributed by atoms with Gasteiger partial charge < -0.3 is 0 Å². The van der Waals surface area contributed by atoms with Gasteiger partial charge in [-0.2, -0.15) is 5.10 Å². The Morgan fingerprint density at radius 3 is 2.10 bits per heavy atom. The van der Waals surface area contributed by atoms with E-state index in [1.165, 1.54) is 5.56 Å². The highest BCUT2D eigenvalue weighted by Gasteiger charge is 2.43. The van der Waals surface area contributed by atoms with Gasteiger partial charge in [0, 0.05) is 26.9 Å². The molecule has 1 aliphatic heterocycles. The molecule has 1 unspecified atom stereocenters. The molecule has 0 radical (unpaired) electrons. The van der Waals surface area contributed by atoms with Crippen LogP contribution in [0.2, 0.25) is 10.0 Å². The fourth-order valence-corrected chi connectivity index (χ4v) is 4.16. The van der Waals surface area contributed by atoms with Crippen LogP contribution in [-0.2, 0) is 0 Å². The Balaban J connectivity index is 1.71. The Morgan fingerprint density at radius 1 is 0.867 bits per heavy atom. The smallest absolute Gasteiger partial charge is 0.277 e. The highest BCUT2D eigenvalue weighted by Crippen LogP contribution is 2.45. The van der Waals surface area contributed by atoms with Gasteiger partial charge in [-0.05, 0) is 48.9 Å². The summed E-state index contributed by atoms with van der Waals surface area (Å²) in [6.45, 7) is 2.04. The standard InChI is InChI=1S/C24H17Cl2N3O/c1-14-2-4-15(5-3-14)21-20-22(28-27-21)24(30)29(19-12-10-18(26)11-13-19)23(20)16-6-8-17(25)9-7-16/h2-13,23H,1H3,(H,27,28). The number of halogens is 2. The molecular formula is C24H17Cl2N3O. The number of carbonyl (C=O) groups excluding carboxylic acids is 1. The Hall–Kier alpha value is -3.08. The Bertz CT molecular complexity index is 1230. The molecule has 2 heterocycles. The number of nitrogens with one attached hydrogen (secondary N) is 1. The van der Waals surface area contributed by atoms with Crippen LogP contribution in [0.5, 0.6) is 0 Å². The van der Waals surface area contributed by atoms with E-state index < -0.39 is 0 Å². The summed E-state index contributed by atoms with van der Waals surface area (Å²) in [4.78, 5) is 15.2. The van der Waals surface area contributed by atoms with Gasteiger partial charge in [-0.15, -0.1) is 0 Å². The monoisotopic (exact) mass is 433 g/mol. The van der Waals surface area contributed by atoms with Crippen LogP contribution in [0.15, 0.2) is 72.8 Å². The lowest BCUT2D eigenvalue weighted by Crippen LogP contribution is -2.29. The highest BCUT2D eigenvalue weighted by molar-refractivity contribution is 6.31. The summed E-state index contributed by atoms with van der Waals surface area (Å²) in [7, 11) is 0. The molecule has 30 heavy (non-hydrogen) atoms. The first-order valence-electron chi connectivity index (χ1n) is 9.53. The Morgan fingerprint density at radius 2 is 1.47 bits per heavy atom. The number of amides is 1. The summed E-state index contributed by atoms with van der Waals surface area (Å²) < 4.78 is 0. The van der Waals surface area contributed by atoms with Gasteiger partial charge in [-0.3, -0.25) is 14.8 Å². The van der Waals surface area contributed by atoms with Crippen LogP contribution in [0, 0.1) is 6.92 Å². The van der Waals surface area contributed by atoms with Crippen molar-refractivity contribution >= 4 is 34.8 Å². The molecule has 5 rings (SSSR count). The van der Waals surface area contributed by atoms with Crippen molar-refractivity contribution in [2.75, 3.05) is 4.90 Å². The van der Waals surface area contributed by atoms with Crippen LogP contribution in [0.25, 0.3) is 11.3 Å². The first-order valence-corrected chi connectivity index (χ1v) is 10.3. The van der Waals surface area contributed by atoms with Crippen molar-refractivity contribution in [3.63, 3.8) is 0 Å². The van der Waals surface area contributed by atoms with Crippen LogP contribution >= 0.6 is 23.2 Å². The minimum absolute atomic E-state index is 0.127. The highest BCUT2D eigenvalue weighted by atomic mass is 35.5. The van der Waals surface area contributed by atoms with E-state index in [1.807, 2.05) is 67.6 Å². The molecule has 1 aliphatic rings. The number of fused-ring (bicyclic) bond motifs is 1. The number of carbonyl (C=O) groups is 1. The maximum absolute atomic E-state index is 13.4. The second-order valence-corrected chi connectivity index (χ2v) is 8.21. The topological polar surface area (TPSA) is 49.0 Å². The van der Waals surface area contributed by atoms with E-state index in [2.05, 4.69) is 10.2 Å². The normalized spacial score (nSPS) is 15.5. The molecule has 0 spiro atoms. The van der Waals surface area contributed by atoms with Crippen molar-refractivity contribution < 1.29 is 4.79 Å². The number of aryl methyl sites for hydroxylation is 1. The quantitative estimate of drug-likeness (QED) is 0.403. The van der Waals surface area contributed by atoms with Gasteiger partial charge in [0.25, 0.3) is 5.91 Å². The van der Waals surface area contributed by atoms with Crippen LogP contribution in [0.4, 0.5) is 5.69 Å². The lowest BCUT2D eigenvalue weighted by molar-refractivity contribution is 0.0989. The van der Waals surface area contributed by atoms with Gasteiger partial charge in [0.2, 0.25) is 0 Å². The molecule has 148 valence electrons. The maximum atomic E-state index is 13.4. The average Bonchev–Trinajstić information content (AvgIpc) is 3.29. The fraction of sp³-hybridized carbons (Fsp3) is 0.0833. The molecule has 0 saturated heterocycles. The van der Waals surface area contributed by atoms with Gasteiger partial charge in [-0.25, -0.2) is 0 Å². The maximum Gasteiger partial charge on any atom is 0.277 e. The van der Waals surface area contributed by atoms with Crippen LogP contribution in [0.1, 0.15) is 33.2 Å². The van der Waals surface area contributed by atoms with Crippen LogP contribution in [0.3, 0.4) is 0 Å². The molecule has 4 nitrogen and oxygen atoms in total. The number of hydrogen-bond acceptors (Lipinski definition) is 2. The summed E-state index contributed by atoms with van der Waals surface area (Å²) in [6.07, 6.45) is 0. The van der Waals surface area contributed by atoms with E-state index in [4.69, 9.17) is 23.2 Å². The zero-order valence-corrected chi connectivity index (χ0v) is 17.6. The summed E-state index contributed by atoms with van der Waals surface area (Å²) in [6, 6.07) is 22.7. The number of nitrogens with zero attached hydrogens (tertiary/aromatic N) is 2. The molecule has 0 aliphatic carbocycles. The van der Waals surface area contributed by atoms with Crippen molar-refractivity contribution in [2.45, 2.75) is 13.0 Å². The van der Waals surface area contributed by atoms with Crippen molar-refractivity contribution in [1.82, 2.24) is 10.2 Å². The van der Waals surface area contributed by atoms with E-state index in [9.17, 15) is 4.79 Å². The lowest BCUT2D eigenvalue weighted by atomic mass is 9.95. The van der Waals surface area contributed by atoms with E-state index in [0.717, 1.165) is 28.1 Å². The summed E-state index contributed by atoms with van der Waals surface area (Å²) in [5.41, 5.74) is 5.98. The number of anilines is 1. The van der Waals surface area contributed by atoms with Gasteiger partial charge >= 0.3 is 0 Å². The third-order valence-corrected chi connectivity index (χ3v) is 5.89. The van der Waals surface area contributed by atoms with Gasteiger partial charge in [0.1, 0.15) is 5.69 Å². The minimum Gasteiger partial charge on any atom is -0.295 e. The summed E-state index contributed by atoms with van der Waals surface area (Å²) in [5.74, 6) is -0.127. The molecule has 6 heteroatoms. The average molecular weight is 434 g/mol. The predicted octanol–water partition coefficient (Wildman–Crippen LogP) is 6.44. The van der Waals surface area contributed by atoms with Crippen molar-refractivity contribution in [3.05, 3.63) is 105 Å². The van der Waals surface area contributed by atoms with E-state index in [-0.39, 0.29) is 11.9 Å². The molecule has 0 saturated carbocycles. The first kappa shape index (κ1) is 18.9. The number of rotatable bonds is 3. The molecule has 1 amide bonds. The molecule has 1 aromatic heterocycles. The molecule has 3 aromatic carbocycles. The van der Waals surface area contributed by atoms with Gasteiger partial charge in [0.15, 0.2) is 0 Å². The van der Waals surface area contributed by atoms with Gasteiger partial charge in [-0.1, -0.05) is 65.2 Å². The van der Waals surface area contributed by atoms with Crippen LogP contribution in [-0.4, -0.2) is 16.1 Å². The minimum atomic E-state index is -0.332. The van der Waals surface area contributed by atoms with E-state index in [1.54, 1.807) is 17.0 Å².